The maximum atomic E-state index is 12.2. The lowest BCUT2D eigenvalue weighted by molar-refractivity contribution is -0.149. The second-order valence-electron chi connectivity index (χ2n) is 7.40. The zero-order chi connectivity index (χ0) is 16.8. The smallest absolute Gasteiger partial charge is 0.408 e. The summed E-state index contributed by atoms with van der Waals surface area (Å²) < 4.78 is 11.0. The maximum absolute atomic E-state index is 12.2. The Balaban J connectivity index is 1.89. The van der Waals surface area contributed by atoms with E-state index < -0.39 is 11.7 Å². The zero-order valence-electron chi connectivity index (χ0n) is 14.0. The first-order valence-electron chi connectivity index (χ1n) is 7.99. The number of hydrogen-bond donors (Lipinski definition) is 1. The third kappa shape index (κ3) is 2.92. The Bertz CT molecular complexity index is 643. The fraction of sp³-hybridized carbons (Fsp3) is 0.556. The van der Waals surface area contributed by atoms with Gasteiger partial charge in [0.2, 0.25) is 0 Å². The van der Waals surface area contributed by atoms with Gasteiger partial charge in [0.25, 0.3) is 0 Å². The van der Waals surface area contributed by atoms with Crippen molar-refractivity contribution < 1.29 is 19.1 Å². The molecule has 2 aliphatic rings. The molecule has 5 nitrogen and oxygen atoms in total. The van der Waals surface area contributed by atoms with E-state index in [4.69, 9.17) is 9.47 Å². The minimum atomic E-state index is -0.573. The van der Waals surface area contributed by atoms with Crippen LogP contribution in [0.25, 0.3) is 0 Å². The quantitative estimate of drug-likeness (QED) is 0.851. The molecule has 0 aromatic heterocycles. The highest BCUT2D eigenvalue weighted by molar-refractivity contribution is 5.71. The van der Waals surface area contributed by atoms with Crippen LogP contribution in [-0.4, -0.2) is 23.8 Å². The van der Waals surface area contributed by atoms with E-state index in [9.17, 15) is 9.59 Å². The summed E-state index contributed by atoms with van der Waals surface area (Å²) in [6, 6.07) is 7.61. The van der Waals surface area contributed by atoms with E-state index in [-0.39, 0.29) is 23.5 Å². The molecule has 1 amide bonds. The number of esters is 1. The van der Waals surface area contributed by atoms with Gasteiger partial charge in [-0.1, -0.05) is 24.3 Å². The van der Waals surface area contributed by atoms with E-state index in [2.05, 4.69) is 11.4 Å². The van der Waals surface area contributed by atoms with Crippen molar-refractivity contribution in [1.82, 2.24) is 5.32 Å². The van der Waals surface area contributed by atoms with Gasteiger partial charge < -0.3 is 14.8 Å². The molecule has 124 valence electrons. The van der Waals surface area contributed by atoms with E-state index in [1.54, 1.807) is 0 Å². The van der Waals surface area contributed by atoms with Gasteiger partial charge in [0.05, 0.1) is 6.04 Å². The second-order valence-corrected chi connectivity index (χ2v) is 7.40. The summed E-state index contributed by atoms with van der Waals surface area (Å²) in [4.78, 5) is 23.8. The van der Waals surface area contributed by atoms with Crippen LogP contribution in [0, 0.1) is 0 Å². The van der Waals surface area contributed by atoms with Crippen LogP contribution in [-0.2, 0) is 19.7 Å². The Morgan fingerprint density at radius 1 is 1.22 bits per heavy atom. The number of alkyl carbamates (subject to hydrolysis) is 1. The molecule has 1 aromatic rings. The number of ether oxygens (including phenoxy) is 2. The lowest BCUT2D eigenvalue weighted by atomic mass is 9.96. The Labute approximate surface area is 136 Å². The first-order chi connectivity index (χ1) is 10.7. The molecule has 0 unspecified atom stereocenters. The largest absolute Gasteiger partial charge is 0.459 e. The van der Waals surface area contributed by atoms with Gasteiger partial charge in [-0.3, -0.25) is 4.79 Å². The van der Waals surface area contributed by atoms with Crippen LogP contribution >= 0.6 is 0 Å². The summed E-state index contributed by atoms with van der Waals surface area (Å²) in [6.07, 6.45) is 1.07. The van der Waals surface area contributed by atoms with Crippen molar-refractivity contribution >= 4 is 12.1 Å². The van der Waals surface area contributed by atoms with Crippen molar-refractivity contribution in [2.75, 3.05) is 0 Å². The number of amides is 1. The van der Waals surface area contributed by atoms with E-state index in [1.165, 1.54) is 12.5 Å². The molecule has 2 atom stereocenters. The Morgan fingerprint density at radius 2 is 1.87 bits per heavy atom. The zero-order valence-corrected chi connectivity index (χ0v) is 14.0. The molecule has 23 heavy (non-hydrogen) atoms. The summed E-state index contributed by atoms with van der Waals surface area (Å²) in [5, 5.41) is 2.90. The molecule has 1 aromatic carbocycles. The highest BCUT2D eigenvalue weighted by atomic mass is 16.6. The van der Waals surface area contributed by atoms with Crippen molar-refractivity contribution in [2.24, 2.45) is 0 Å². The standard InChI is InChI=1S/C18H23NO4/c1-11(20)22-15-14(19-16(21)23-17(2,3)4)12-7-5-6-8-13(12)18(15)9-10-18/h5-8,14-15H,9-10H2,1-4H3,(H,19,21)/t14-,15+/m0/s1. The van der Waals surface area contributed by atoms with Crippen molar-refractivity contribution in [1.29, 1.82) is 0 Å². The third-order valence-electron chi connectivity index (χ3n) is 4.43. The molecule has 1 spiro atoms. The van der Waals surface area contributed by atoms with Crippen molar-refractivity contribution in [2.45, 2.75) is 63.7 Å². The maximum Gasteiger partial charge on any atom is 0.408 e. The topological polar surface area (TPSA) is 64.6 Å². The van der Waals surface area contributed by atoms with Gasteiger partial charge in [0.15, 0.2) is 0 Å². The van der Waals surface area contributed by atoms with Crippen LogP contribution in [0.5, 0.6) is 0 Å². The third-order valence-corrected chi connectivity index (χ3v) is 4.43. The SMILES string of the molecule is CC(=O)O[C@@H]1[C@@H](NC(=O)OC(C)(C)C)c2ccccc2C12CC2. The average molecular weight is 317 g/mol. The second kappa shape index (κ2) is 5.25. The summed E-state index contributed by atoms with van der Waals surface area (Å²) in [5.74, 6) is -0.329. The van der Waals surface area contributed by atoms with E-state index >= 15 is 0 Å². The molecule has 0 bridgehead atoms. The van der Waals surface area contributed by atoms with Gasteiger partial charge in [-0.25, -0.2) is 4.79 Å². The molecule has 3 rings (SSSR count). The number of benzene rings is 1. The van der Waals surface area contributed by atoms with Gasteiger partial charge in [-0.15, -0.1) is 0 Å². The van der Waals surface area contributed by atoms with Crippen molar-refractivity contribution in [3.05, 3.63) is 35.4 Å². The lowest BCUT2D eigenvalue weighted by Gasteiger charge is -2.27. The monoisotopic (exact) mass is 317 g/mol. The van der Waals surface area contributed by atoms with Crippen LogP contribution in [0.1, 0.15) is 57.7 Å². The molecule has 5 heteroatoms. The minimum absolute atomic E-state index is 0.151. The van der Waals surface area contributed by atoms with Gasteiger partial charge >= 0.3 is 12.1 Å². The molecule has 1 N–H and O–H groups in total. The number of fused-ring (bicyclic) bond motifs is 2. The molecule has 1 saturated carbocycles. The van der Waals surface area contributed by atoms with Crippen LogP contribution in [0.3, 0.4) is 0 Å². The normalized spacial score (nSPS) is 24.0. The Hall–Kier alpha value is -2.04. The lowest BCUT2D eigenvalue weighted by Crippen LogP contribution is -2.41. The van der Waals surface area contributed by atoms with Crippen molar-refractivity contribution in [3.8, 4) is 0 Å². The Morgan fingerprint density at radius 3 is 2.43 bits per heavy atom. The Kier molecular flexibility index (Phi) is 3.62. The van der Waals surface area contributed by atoms with Crippen LogP contribution in [0.4, 0.5) is 4.79 Å². The molecule has 0 aliphatic heterocycles. The molecular weight excluding hydrogens is 294 g/mol. The number of hydrogen-bond acceptors (Lipinski definition) is 4. The number of carbonyl (C=O) groups excluding carboxylic acids is 2. The highest BCUT2D eigenvalue weighted by Crippen LogP contribution is 2.61. The number of nitrogens with one attached hydrogen (secondary N) is 1. The molecule has 0 saturated heterocycles. The van der Waals surface area contributed by atoms with Crippen LogP contribution < -0.4 is 5.32 Å². The van der Waals surface area contributed by atoms with E-state index in [0.29, 0.717) is 0 Å². The predicted molar refractivity (Wildman–Crippen MR) is 85.0 cm³/mol. The van der Waals surface area contributed by atoms with Gasteiger partial charge in [0.1, 0.15) is 11.7 Å². The summed E-state index contributed by atoms with van der Waals surface area (Å²) in [6.45, 7) is 6.87. The van der Waals surface area contributed by atoms with Crippen LogP contribution in [0.15, 0.2) is 24.3 Å². The van der Waals surface area contributed by atoms with Crippen molar-refractivity contribution in [3.63, 3.8) is 0 Å². The van der Waals surface area contributed by atoms with Gasteiger partial charge in [0, 0.05) is 12.3 Å². The molecule has 0 heterocycles. The molecular formula is C18H23NO4. The first-order valence-corrected chi connectivity index (χ1v) is 7.99. The molecule has 0 radical (unpaired) electrons. The van der Waals surface area contributed by atoms with Gasteiger partial charge in [-0.05, 0) is 44.7 Å². The number of carbonyl (C=O) groups is 2. The summed E-state index contributed by atoms with van der Waals surface area (Å²) >= 11 is 0. The molecule has 1 fully saturated rings. The predicted octanol–water partition coefficient (Wildman–Crippen LogP) is 3.23. The van der Waals surface area contributed by atoms with Crippen LogP contribution in [0.2, 0.25) is 0 Å². The average Bonchev–Trinajstić information content (AvgIpc) is 3.17. The fourth-order valence-corrected chi connectivity index (χ4v) is 3.49. The highest BCUT2D eigenvalue weighted by Gasteiger charge is 2.61. The van der Waals surface area contributed by atoms with E-state index in [0.717, 1.165) is 18.4 Å². The van der Waals surface area contributed by atoms with Gasteiger partial charge in [-0.2, -0.15) is 0 Å². The fourth-order valence-electron chi connectivity index (χ4n) is 3.49. The summed E-state index contributed by atoms with van der Waals surface area (Å²) in [5.41, 5.74) is 1.47. The minimum Gasteiger partial charge on any atom is -0.459 e. The number of rotatable bonds is 2. The van der Waals surface area contributed by atoms with E-state index in [1.807, 2.05) is 39.0 Å². The first kappa shape index (κ1) is 15.8. The molecule has 2 aliphatic carbocycles. The summed E-state index contributed by atoms with van der Waals surface area (Å²) in [7, 11) is 0.